The molecule has 0 radical (unpaired) electrons. The average molecular weight is 747 g/mol. The van der Waals surface area contributed by atoms with Gasteiger partial charge in [0, 0.05) is 12.8 Å². The molecule has 0 aromatic carbocycles. The normalized spacial score (nSPS) is 36.5. The van der Waals surface area contributed by atoms with Crippen LogP contribution in [-0.2, 0) is 42.9 Å². The number of hydrogen-bond donors (Lipinski definition) is 1. The quantitative estimate of drug-likeness (QED) is 0.126. The highest BCUT2D eigenvalue weighted by molar-refractivity contribution is 5.82. The number of cyclic esters (lactones) is 1. The Bertz CT molecular complexity index is 1290. The van der Waals surface area contributed by atoms with E-state index in [0.29, 0.717) is 43.8 Å². The number of ether oxygens (including phenoxy) is 5. The molecule has 1 aliphatic heterocycles. The molecule has 0 amide bonds. The first-order chi connectivity index (χ1) is 24.7. The molecular weight excluding hydrogens is 676 g/mol. The Labute approximate surface area is 318 Å². The van der Waals surface area contributed by atoms with Crippen LogP contribution in [0.15, 0.2) is 0 Å². The van der Waals surface area contributed by atoms with Crippen molar-refractivity contribution in [3.63, 3.8) is 0 Å². The predicted molar refractivity (Wildman–Crippen MR) is 199 cm³/mol. The Balaban J connectivity index is 0.000000156. The second kappa shape index (κ2) is 16.1. The molecule has 3 unspecified atom stereocenters. The van der Waals surface area contributed by atoms with Gasteiger partial charge < -0.3 is 28.8 Å². The summed E-state index contributed by atoms with van der Waals surface area (Å²) in [4.78, 5) is 46.9. The van der Waals surface area contributed by atoms with Crippen molar-refractivity contribution in [3.05, 3.63) is 0 Å². The zero-order valence-corrected chi connectivity index (χ0v) is 34.3. The van der Waals surface area contributed by atoms with Crippen LogP contribution in [0.2, 0.25) is 0 Å². The van der Waals surface area contributed by atoms with Crippen molar-refractivity contribution in [1.82, 2.24) is 0 Å². The molecule has 8 aliphatic carbocycles. The fourth-order valence-electron chi connectivity index (χ4n) is 10.4. The van der Waals surface area contributed by atoms with Crippen LogP contribution < -0.4 is 0 Å². The van der Waals surface area contributed by atoms with Crippen molar-refractivity contribution in [2.75, 3.05) is 13.4 Å². The molecule has 9 fully saturated rings. The Morgan fingerprint density at radius 1 is 0.717 bits per heavy atom. The third-order valence-corrected chi connectivity index (χ3v) is 14.3. The Kier molecular flexibility index (Phi) is 12.8. The highest BCUT2D eigenvalue weighted by Gasteiger charge is 2.59. The monoisotopic (exact) mass is 746 g/mol. The van der Waals surface area contributed by atoms with Crippen LogP contribution in [0, 0.1) is 51.8 Å². The molecule has 3 atom stereocenters. The minimum atomic E-state index is -0.687. The zero-order chi connectivity index (χ0) is 39.0. The highest BCUT2D eigenvalue weighted by atomic mass is 16.7. The number of hydrogen-bond acceptors (Lipinski definition) is 10. The molecule has 10 heteroatoms. The molecule has 0 spiro atoms. The predicted octanol–water partition coefficient (Wildman–Crippen LogP) is 8.10. The van der Waals surface area contributed by atoms with E-state index in [1.165, 1.54) is 38.5 Å². The second-order valence-electron chi connectivity index (χ2n) is 19.9. The first-order valence-corrected chi connectivity index (χ1v) is 20.8. The van der Waals surface area contributed by atoms with Gasteiger partial charge in [0.05, 0.1) is 34.6 Å². The van der Waals surface area contributed by atoms with Gasteiger partial charge in [0.1, 0.15) is 5.60 Å². The standard InChI is InChI=1S/C17H28O3.C16H26O3.C10H16O4/c1-4-17(2,3)16(18)20-10-19-15-13-6-11-5-12(8-13)9-14(15)7-11;1-4-14(2,3)13(17)19-16-8-11-5-12(9-16)7-15(18,6-11)10-16;1-4-10(2,3)9(12)14-7-5-6-13-8(7)11/h11-15H,4-10H2,1-3H3;11-12,18H,4-10H2,1-3H3;7H,4-6H2,1-3H3. The lowest BCUT2D eigenvalue weighted by molar-refractivity contribution is -0.225. The molecule has 0 aromatic heterocycles. The van der Waals surface area contributed by atoms with Gasteiger partial charge in [0.25, 0.3) is 0 Å². The van der Waals surface area contributed by atoms with Crippen molar-refractivity contribution in [2.24, 2.45) is 51.8 Å². The van der Waals surface area contributed by atoms with Crippen LogP contribution in [0.3, 0.4) is 0 Å². The smallest absolute Gasteiger partial charge is 0.347 e. The van der Waals surface area contributed by atoms with Crippen molar-refractivity contribution in [1.29, 1.82) is 0 Å². The molecule has 10 nitrogen and oxygen atoms in total. The van der Waals surface area contributed by atoms with Crippen LogP contribution in [0.4, 0.5) is 0 Å². The molecule has 8 bridgehead atoms. The van der Waals surface area contributed by atoms with E-state index < -0.39 is 33.9 Å². The van der Waals surface area contributed by atoms with Gasteiger partial charge in [0.15, 0.2) is 6.79 Å². The third kappa shape index (κ3) is 9.79. The summed E-state index contributed by atoms with van der Waals surface area (Å²) in [6, 6.07) is 0. The maximum absolute atomic E-state index is 12.4. The van der Waals surface area contributed by atoms with Gasteiger partial charge >= 0.3 is 23.9 Å². The van der Waals surface area contributed by atoms with Gasteiger partial charge in [-0.1, -0.05) is 20.8 Å². The van der Waals surface area contributed by atoms with Gasteiger partial charge in [0.2, 0.25) is 6.10 Å². The summed E-state index contributed by atoms with van der Waals surface area (Å²) in [6.07, 6.45) is 14.9. The van der Waals surface area contributed by atoms with Gasteiger partial charge in [-0.2, -0.15) is 0 Å². The van der Waals surface area contributed by atoms with Crippen LogP contribution in [0.5, 0.6) is 0 Å². The molecule has 53 heavy (non-hydrogen) atoms. The maximum atomic E-state index is 12.4. The van der Waals surface area contributed by atoms with E-state index >= 15 is 0 Å². The Morgan fingerprint density at radius 2 is 1.21 bits per heavy atom. The van der Waals surface area contributed by atoms with E-state index in [1.807, 2.05) is 48.5 Å². The highest BCUT2D eigenvalue weighted by Crippen LogP contribution is 2.59. The minimum Gasteiger partial charge on any atom is -0.463 e. The fraction of sp³-hybridized carbons (Fsp3) is 0.907. The van der Waals surface area contributed by atoms with E-state index in [2.05, 4.69) is 0 Å². The number of rotatable bonds is 11. The molecule has 1 N–H and O–H groups in total. The van der Waals surface area contributed by atoms with Gasteiger partial charge in [-0.05, 0) is 161 Å². The average Bonchev–Trinajstić information content (AvgIpc) is 3.48. The van der Waals surface area contributed by atoms with E-state index in [4.69, 9.17) is 23.7 Å². The van der Waals surface area contributed by atoms with Crippen molar-refractivity contribution >= 4 is 23.9 Å². The summed E-state index contributed by atoms with van der Waals surface area (Å²) < 4.78 is 27.1. The van der Waals surface area contributed by atoms with Gasteiger partial charge in [-0.15, -0.1) is 0 Å². The summed E-state index contributed by atoms with van der Waals surface area (Å²) in [5.74, 6) is 3.51. The second-order valence-corrected chi connectivity index (χ2v) is 19.9. The van der Waals surface area contributed by atoms with Crippen LogP contribution in [0.1, 0.15) is 159 Å². The van der Waals surface area contributed by atoms with Crippen molar-refractivity contribution < 1.29 is 48.0 Å². The molecule has 9 rings (SSSR count). The molecular formula is C43H70O10. The molecule has 302 valence electrons. The van der Waals surface area contributed by atoms with E-state index in [9.17, 15) is 24.3 Å². The SMILES string of the molecule is CCC(C)(C)C(=O)OC12CC3CC(CC(O)(C3)C1)C2.CCC(C)(C)C(=O)OC1CCOC1=O.CCC(C)(C)C(=O)OCOC1C2CC3CC(C2)CC1C3. The zero-order valence-electron chi connectivity index (χ0n) is 34.3. The summed E-state index contributed by atoms with van der Waals surface area (Å²) in [5.41, 5.74) is -2.24. The van der Waals surface area contributed by atoms with E-state index in [-0.39, 0.29) is 30.3 Å². The lowest BCUT2D eigenvalue weighted by Gasteiger charge is -2.59. The topological polar surface area (TPSA) is 135 Å². The number of carbonyl (C=O) groups excluding carboxylic acids is 4. The molecule has 1 heterocycles. The summed E-state index contributed by atoms with van der Waals surface area (Å²) in [6.45, 7) is 17.8. The molecule has 8 saturated carbocycles. The van der Waals surface area contributed by atoms with Gasteiger partial charge in [-0.25, -0.2) is 4.79 Å². The number of carbonyl (C=O) groups is 4. The number of esters is 4. The molecule has 0 aromatic rings. The van der Waals surface area contributed by atoms with Crippen molar-refractivity contribution in [2.45, 2.75) is 182 Å². The number of aliphatic hydroxyl groups is 1. The van der Waals surface area contributed by atoms with Crippen LogP contribution in [-0.4, -0.2) is 65.8 Å². The third-order valence-electron chi connectivity index (χ3n) is 14.3. The van der Waals surface area contributed by atoms with E-state index in [1.54, 1.807) is 13.8 Å². The summed E-state index contributed by atoms with van der Waals surface area (Å²) in [5, 5.41) is 10.6. The first kappa shape index (κ1) is 42.0. The molecule has 9 aliphatic rings. The molecule has 1 saturated heterocycles. The minimum absolute atomic E-state index is 0.0828. The van der Waals surface area contributed by atoms with Crippen LogP contribution in [0.25, 0.3) is 0 Å². The Morgan fingerprint density at radius 3 is 1.68 bits per heavy atom. The summed E-state index contributed by atoms with van der Waals surface area (Å²) >= 11 is 0. The van der Waals surface area contributed by atoms with Crippen LogP contribution >= 0.6 is 0 Å². The lowest BCUT2D eigenvalue weighted by Crippen LogP contribution is -2.61. The van der Waals surface area contributed by atoms with Crippen molar-refractivity contribution in [3.8, 4) is 0 Å². The maximum Gasteiger partial charge on any atom is 0.347 e. The lowest BCUT2D eigenvalue weighted by atomic mass is 9.52. The summed E-state index contributed by atoms with van der Waals surface area (Å²) in [7, 11) is 0. The fourth-order valence-corrected chi connectivity index (χ4v) is 10.4. The largest absolute Gasteiger partial charge is 0.463 e. The van der Waals surface area contributed by atoms with E-state index in [0.717, 1.165) is 62.2 Å². The van der Waals surface area contributed by atoms with Gasteiger partial charge in [-0.3, -0.25) is 14.4 Å². The Hall–Kier alpha value is -2.20. The first-order valence-electron chi connectivity index (χ1n) is 20.8.